The average Bonchev–Trinajstić information content (AvgIpc) is 2.73. The maximum atomic E-state index is 14.4. The summed E-state index contributed by atoms with van der Waals surface area (Å²) in [6.07, 6.45) is -3.59. The maximum absolute atomic E-state index is 14.4. The van der Waals surface area contributed by atoms with Crippen LogP contribution in [0.15, 0.2) is 41.3 Å². The standard InChI is InChI=1S/C23H22ClF3N2O3/c1-10-12(3)22(32,23(25,26)27)20(15-9-16(24)11(2)19(30)18(10)15)29-17-6-4-5-14-13(17)7-8-28-21(14)31/h4-10,12,20,29-30,32H,1-3H3,(H,28,31). The lowest BCUT2D eigenvalue weighted by molar-refractivity contribution is -0.289. The van der Waals surface area contributed by atoms with Gasteiger partial charge in [0.25, 0.3) is 5.56 Å². The molecule has 0 saturated carbocycles. The predicted molar refractivity (Wildman–Crippen MR) is 117 cm³/mol. The number of phenols is 1. The van der Waals surface area contributed by atoms with Gasteiger partial charge in [0.15, 0.2) is 5.60 Å². The first kappa shape index (κ1) is 22.5. The fraction of sp³-hybridized carbons (Fsp3) is 0.348. The Morgan fingerprint density at radius 3 is 2.53 bits per heavy atom. The summed E-state index contributed by atoms with van der Waals surface area (Å²) in [5.41, 5.74) is -2.59. The van der Waals surface area contributed by atoms with Gasteiger partial charge in [0.1, 0.15) is 5.75 Å². The Labute approximate surface area is 186 Å². The van der Waals surface area contributed by atoms with Crippen LogP contribution in [0.25, 0.3) is 10.8 Å². The summed E-state index contributed by atoms with van der Waals surface area (Å²) in [5.74, 6) is -2.28. The highest BCUT2D eigenvalue weighted by Crippen LogP contribution is 2.58. The quantitative estimate of drug-likeness (QED) is 0.407. The number of aromatic hydroxyl groups is 1. The van der Waals surface area contributed by atoms with Crippen molar-refractivity contribution in [1.82, 2.24) is 4.98 Å². The zero-order chi connectivity index (χ0) is 23.6. The van der Waals surface area contributed by atoms with Gasteiger partial charge in [-0.15, -0.1) is 0 Å². The molecule has 0 aliphatic heterocycles. The Balaban J connectivity index is 2.01. The smallest absolute Gasteiger partial charge is 0.419 e. The molecule has 1 aromatic heterocycles. The number of aliphatic hydroxyl groups is 1. The van der Waals surface area contributed by atoms with E-state index in [9.17, 15) is 28.2 Å². The topological polar surface area (TPSA) is 85.3 Å². The third-order valence-electron chi connectivity index (χ3n) is 6.78. The number of halogens is 4. The van der Waals surface area contributed by atoms with Crippen molar-refractivity contribution in [2.45, 2.75) is 44.5 Å². The van der Waals surface area contributed by atoms with Gasteiger partial charge in [-0.2, -0.15) is 13.2 Å². The van der Waals surface area contributed by atoms with Crippen molar-refractivity contribution in [2.24, 2.45) is 5.92 Å². The molecule has 4 unspecified atom stereocenters. The number of anilines is 1. The second kappa shape index (κ2) is 7.42. The number of benzene rings is 2. The summed E-state index contributed by atoms with van der Waals surface area (Å²) in [6.45, 7) is 4.44. The Bertz CT molecular complexity index is 1270. The lowest BCUT2D eigenvalue weighted by atomic mass is 9.64. The van der Waals surface area contributed by atoms with E-state index in [0.29, 0.717) is 16.5 Å². The van der Waals surface area contributed by atoms with E-state index in [1.165, 1.54) is 25.3 Å². The summed E-state index contributed by atoms with van der Waals surface area (Å²) >= 11 is 6.23. The van der Waals surface area contributed by atoms with Crippen molar-refractivity contribution in [1.29, 1.82) is 0 Å². The third-order valence-corrected chi connectivity index (χ3v) is 7.17. The van der Waals surface area contributed by atoms with Gasteiger partial charge in [-0.3, -0.25) is 4.79 Å². The molecule has 0 bridgehead atoms. The largest absolute Gasteiger partial charge is 0.507 e. The number of fused-ring (bicyclic) bond motifs is 2. The number of nitrogens with one attached hydrogen (secondary N) is 2. The summed E-state index contributed by atoms with van der Waals surface area (Å²) in [6, 6.07) is 5.89. The molecule has 4 N–H and O–H groups in total. The Morgan fingerprint density at radius 1 is 1.19 bits per heavy atom. The fourth-order valence-electron chi connectivity index (χ4n) is 4.74. The molecule has 1 aliphatic rings. The average molecular weight is 467 g/mol. The molecule has 0 radical (unpaired) electrons. The minimum Gasteiger partial charge on any atom is -0.507 e. The van der Waals surface area contributed by atoms with E-state index in [1.807, 2.05) is 0 Å². The highest BCUT2D eigenvalue weighted by atomic mass is 35.5. The molecule has 4 rings (SSSR count). The SMILES string of the molecule is Cc1c(Cl)cc2c(c1O)C(C)C(C)C(O)(C(F)(F)F)C2Nc1cccc2c(=O)[nH]ccc12. The van der Waals surface area contributed by atoms with Gasteiger partial charge in [0, 0.05) is 44.7 Å². The second-order valence-corrected chi connectivity index (χ2v) is 8.79. The number of aromatic amines is 1. The van der Waals surface area contributed by atoms with Crippen molar-refractivity contribution in [3.05, 3.63) is 68.6 Å². The van der Waals surface area contributed by atoms with Crippen LogP contribution in [0, 0.1) is 12.8 Å². The monoisotopic (exact) mass is 466 g/mol. The molecule has 2 aromatic carbocycles. The highest BCUT2D eigenvalue weighted by Gasteiger charge is 2.66. The van der Waals surface area contributed by atoms with E-state index in [2.05, 4.69) is 10.3 Å². The molecule has 32 heavy (non-hydrogen) atoms. The van der Waals surface area contributed by atoms with Crippen LogP contribution in [0.4, 0.5) is 18.9 Å². The molecule has 0 amide bonds. The Hall–Kier alpha value is -2.71. The lowest BCUT2D eigenvalue weighted by Gasteiger charge is -2.49. The van der Waals surface area contributed by atoms with Crippen LogP contribution < -0.4 is 10.9 Å². The van der Waals surface area contributed by atoms with Gasteiger partial charge >= 0.3 is 6.18 Å². The zero-order valence-corrected chi connectivity index (χ0v) is 18.3. The minimum atomic E-state index is -4.99. The number of alkyl halides is 3. The van der Waals surface area contributed by atoms with Crippen LogP contribution >= 0.6 is 11.6 Å². The third kappa shape index (κ3) is 3.08. The Morgan fingerprint density at radius 2 is 1.88 bits per heavy atom. The van der Waals surface area contributed by atoms with Gasteiger partial charge in [-0.25, -0.2) is 0 Å². The first-order valence-electron chi connectivity index (χ1n) is 10.1. The van der Waals surface area contributed by atoms with Crippen LogP contribution in [0.2, 0.25) is 5.02 Å². The number of hydrogen-bond acceptors (Lipinski definition) is 4. The van der Waals surface area contributed by atoms with Crippen LogP contribution in [0.3, 0.4) is 0 Å². The number of H-pyrrole nitrogens is 1. The summed E-state index contributed by atoms with van der Waals surface area (Å²) in [4.78, 5) is 14.7. The summed E-state index contributed by atoms with van der Waals surface area (Å²) in [5, 5.41) is 25.6. The first-order chi connectivity index (χ1) is 14.9. The fourth-order valence-corrected chi connectivity index (χ4v) is 4.94. The van der Waals surface area contributed by atoms with Crippen LogP contribution in [0.1, 0.15) is 42.5 Å². The maximum Gasteiger partial charge on any atom is 0.419 e. The van der Waals surface area contributed by atoms with Gasteiger partial charge in [0.05, 0.1) is 6.04 Å². The molecule has 0 saturated heterocycles. The summed E-state index contributed by atoms with van der Waals surface area (Å²) < 4.78 is 43.2. The zero-order valence-electron chi connectivity index (χ0n) is 17.5. The van der Waals surface area contributed by atoms with E-state index in [4.69, 9.17) is 11.6 Å². The lowest BCUT2D eigenvalue weighted by Crippen LogP contribution is -2.60. The molecule has 3 aromatic rings. The van der Waals surface area contributed by atoms with Gasteiger partial charge in [0.2, 0.25) is 0 Å². The van der Waals surface area contributed by atoms with Crippen LogP contribution in [0.5, 0.6) is 5.75 Å². The van der Waals surface area contributed by atoms with E-state index in [0.717, 1.165) is 0 Å². The van der Waals surface area contributed by atoms with Crippen LogP contribution in [-0.4, -0.2) is 27.0 Å². The molecule has 1 aliphatic carbocycles. The molecule has 9 heteroatoms. The minimum absolute atomic E-state index is 0.0605. The van der Waals surface area contributed by atoms with Crippen molar-refractivity contribution >= 4 is 28.1 Å². The van der Waals surface area contributed by atoms with Gasteiger partial charge in [-0.05, 0) is 42.7 Å². The second-order valence-electron chi connectivity index (χ2n) is 8.39. The van der Waals surface area contributed by atoms with Crippen molar-refractivity contribution in [2.75, 3.05) is 5.32 Å². The number of aromatic nitrogens is 1. The van der Waals surface area contributed by atoms with Crippen molar-refractivity contribution < 1.29 is 23.4 Å². The van der Waals surface area contributed by atoms with Crippen molar-refractivity contribution in [3.8, 4) is 5.75 Å². The van der Waals surface area contributed by atoms with E-state index >= 15 is 0 Å². The van der Waals surface area contributed by atoms with Gasteiger partial charge < -0.3 is 20.5 Å². The number of hydrogen-bond donors (Lipinski definition) is 4. The molecule has 0 spiro atoms. The molecule has 170 valence electrons. The van der Waals surface area contributed by atoms with Crippen LogP contribution in [-0.2, 0) is 0 Å². The normalized spacial score (nSPS) is 25.6. The molecule has 1 heterocycles. The Kier molecular flexibility index (Phi) is 5.21. The van der Waals surface area contributed by atoms with E-state index < -0.39 is 29.7 Å². The molecule has 4 atom stereocenters. The molecular formula is C23H22ClF3N2O3. The van der Waals surface area contributed by atoms with Gasteiger partial charge in [-0.1, -0.05) is 31.5 Å². The molecule has 0 fully saturated rings. The molecular weight excluding hydrogens is 445 g/mol. The first-order valence-corrected chi connectivity index (χ1v) is 10.4. The number of rotatable bonds is 2. The van der Waals surface area contributed by atoms with E-state index in [-0.39, 0.29) is 33.0 Å². The van der Waals surface area contributed by atoms with E-state index in [1.54, 1.807) is 32.0 Å². The predicted octanol–water partition coefficient (Wildman–Crippen LogP) is 5.40. The number of phenolic OH excluding ortho intramolecular Hbond substituents is 1. The number of pyridine rings is 1. The molecule has 5 nitrogen and oxygen atoms in total. The highest BCUT2D eigenvalue weighted by molar-refractivity contribution is 6.31. The van der Waals surface area contributed by atoms with Crippen molar-refractivity contribution in [3.63, 3.8) is 0 Å². The summed E-state index contributed by atoms with van der Waals surface area (Å²) in [7, 11) is 0.